The van der Waals surface area contributed by atoms with Gasteiger partial charge in [-0.2, -0.15) is 0 Å². The minimum atomic E-state index is -3.71. The summed E-state index contributed by atoms with van der Waals surface area (Å²) in [5.41, 5.74) is 3.33. The monoisotopic (exact) mass is 508 g/mol. The molecule has 1 saturated carbocycles. The number of amidine groups is 1. The van der Waals surface area contributed by atoms with Gasteiger partial charge in [0.05, 0.1) is 11.2 Å². The van der Waals surface area contributed by atoms with Crippen LogP contribution in [-0.2, 0) is 6.61 Å². The third-order valence-electron chi connectivity index (χ3n) is 6.18. The quantitative estimate of drug-likeness (QED) is 0.220. The molecule has 0 unspecified atom stereocenters. The number of aromatic hydroxyl groups is 1. The smallest absolute Gasteiger partial charge is 0.284 e. The fraction of sp³-hybridized carbons (Fsp3) is 0.208. The predicted molar refractivity (Wildman–Crippen MR) is 137 cm³/mol. The number of anilines is 1. The highest BCUT2D eigenvalue weighted by molar-refractivity contribution is 8.23. The molecule has 0 bridgehead atoms. The first-order chi connectivity index (χ1) is 17.4. The second kappa shape index (κ2) is 8.59. The van der Waals surface area contributed by atoms with E-state index in [1.165, 1.54) is 10.7 Å². The molecule has 36 heavy (non-hydrogen) atoms. The molecular weight excluding hydrogens is 484 g/mol. The first kappa shape index (κ1) is 22.5. The topological polar surface area (TPSA) is 157 Å². The molecule has 0 radical (unpaired) electrons. The van der Waals surface area contributed by atoms with E-state index in [9.17, 15) is 19.0 Å². The molecule has 1 fully saturated rings. The fourth-order valence-corrected chi connectivity index (χ4v) is 5.30. The Morgan fingerprint density at radius 1 is 1.19 bits per heavy atom. The number of para-hydroxylation sites is 1. The Labute approximate surface area is 206 Å². The highest BCUT2D eigenvalue weighted by Crippen LogP contribution is 2.56. The number of hydrogen-bond acceptors (Lipinski definition) is 9. The number of fused-ring (bicyclic) bond motifs is 2. The first-order valence-corrected chi connectivity index (χ1v) is 12.9. The van der Waals surface area contributed by atoms with Gasteiger partial charge in [-0.15, -0.1) is 4.40 Å². The SMILES string of the molecule is O=c1c(C2=NS(O)(O)c3cc(OCc4ncc[nH]4)ccc3N2)c(O)c2ccccc2n1NCC1CC1. The Balaban J connectivity index is 1.39. The van der Waals surface area contributed by atoms with E-state index in [-0.39, 0.29) is 28.7 Å². The maximum Gasteiger partial charge on any atom is 0.284 e. The van der Waals surface area contributed by atoms with Gasteiger partial charge in [-0.25, -0.2) is 9.66 Å². The van der Waals surface area contributed by atoms with Crippen molar-refractivity contribution in [3.8, 4) is 11.5 Å². The minimum Gasteiger partial charge on any atom is -0.506 e. The summed E-state index contributed by atoms with van der Waals surface area (Å²) >= 11 is 0. The number of aromatic amines is 1. The number of nitrogens with one attached hydrogen (secondary N) is 3. The van der Waals surface area contributed by atoms with E-state index in [1.54, 1.807) is 48.8 Å². The van der Waals surface area contributed by atoms with Gasteiger partial charge >= 0.3 is 0 Å². The van der Waals surface area contributed by atoms with Gasteiger partial charge in [0.2, 0.25) is 0 Å². The Kier molecular flexibility index (Phi) is 5.36. The summed E-state index contributed by atoms with van der Waals surface area (Å²) in [4.78, 5) is 20.7. The maximum absolute atomic E-state index is 13.5. The van der Waals surface area contributed by atoms with Crippen molar-refractivity contribution in [3.63, 3.8) is 0 Å². The Morgan fingerprint density at radius 2 is 2.03 bits per heavy atom. The van der Waals surface area contributed by atoms with Crippen LogP contribution in [0.3, 0.4) is 0 Å². The third kappa shape index (κ3) is 4.04. The molecular formula is C24H24N6O5S. The van der Waals surface area contributed by atoms with Crippen molar-refractivity contribution in [2.75, 3.05) is 17.3 Å². The zero-order chi connectivity index (χ0) is 24.9. The van der Waals surface area contributed by atoms with Crippen molar-refractivity contribution >= 4 is 33.2 Å². The Hall–Kier alpha value is -4.00. The molecule has 2 aromatic carbocycles. The number of benzene rings is 2. The molecule has 6 N–H and O–H groups in total. The lowest BCUT2D eigenvalue weighted by Gasteiger charge is -2.34. The van der Waals surface area contributed by atoms with Crippen LogP contribution in [0.15, 0.2) is 68.9 Å². The zero-order valence-corrected chi connectivity index (χ0v) is 19.8. The molecule has 1 aliphatic heterocycles. The number of imidazole rings is 1. The molecule has 186 valence electrons. The average molecular weight is 509 g/mol. The molecule has 11 nitrogen and oxygen atoms in total. The van der Waals surface area contributed by atoms with Crippen LogP contribution in [0, 0.1) is 5.92 Å². The van der Waals surface area contributed by atoms with Crippen molar-refractivity contribution in [1.82, 2.24) is 14.6 Å². The van der Waals surface area contributed by atoms with Crippen LogP contribution in [0.25, 0.3) is 10.9 Å². The predicted octanol–water partition coefficient (Wildman–Crippen LogP) is 3.86. The summed E-state index contributed by atoms with van der Waals surface area (Å²) in [7, 11) is -3.71. The second-order valence-electron chi connectivity index (χ2n) is 8.75. The van der Waals surface area contributed by atoms with Gasteiger partial charge in [0.25, 0.3) is 5.56 Å². The maximum atomic E-state index is 13.5. The van der Waals surface area contributed by atoms with Crippen LogP contribution in [-0.4, -0.2) is 41.2 Å². The number of nitrogens with zero attached hydrogens (tertiary/aromatic N) is 3. The number of H-pyrrole nitrogens is 1. The summed E-state index contributed by atoms with van der Waals surface area (Å²) in [5.74, 6) is 1.10. The van der Waals surface area contributed by atoms with Crippen LogP contribution in [0.4, 0.5) is 5.69 Å². The van der Waals surface area contributed by atoms with Crippen molar-refractivity contribution in [2.24, 2.45) is 10.3 Å². The van der Waals surface area contributed by atoms with Gasteiger partial charge in [0.15, 0.2) is 5.84 Å². The van der Waals surface area contributed by atoms with Crippen molar-refractivity contribution < 1.29 is 18.9 Å². The number of ether oxygens (including phenoxy) is 1. The van der Waals surface area contributed by atoms with E-state index >= 15 is 0 Å². The van der Waals surface area contributed by atoms with Crippen molar-refractivity contribution in [3.05, 3.63) is 76.6 Å². The van der Waals surface area contributed by atoms with Gasteiger partial charge in [-0.3, -0.25) is 13.9 Å². The molecule has 0 atom stereocenters. The van der Waals surface area contributed by atoms with Crippen LogP contribution < -0.4 is 21.0 Å². The molecule has 4 aromatic rings. The van der Waals surface area contributed by atoms with E-state index in [0.29, 0.717) is 40.6 Å². The summed E-state index contributed by atoms with van der Waals surface area (Å²) in [6, 6.07) is 11.7. The lowest BCUT2D eigenvalue weighted by Crippen LogP contribution is -2.36. The lowest BCUT2D eigenvalue weighted by atomic mass is 10.1. The molecule has 0 spiro atoms. The molecule has 1 aliphatic carbocycles. The van der Waals surface area contributed by atoms with Crippen LogP contribution in [0.5, 0.6) is 11.5 Å². The van der Waals surface area contributed by atoms with Crippen LogP contribution in [0.1, 0.15) is 24.2 Å². The van der Waals surface area contributed by atoms with Gasteiger partial charge in [0.1, 0.15) is 34.4 Å². The molecule has 6 rings (SSSR count). The number of pyridine rings is 1. The highest BCUT2D eigenvalue weighted by atomic mass is 32.3. The molecule has 3 heterocycles. The van der Waals surface area contributed by atoms with Crippen LogP contribution >= 0.6 is 10.8 Å². The van der Waals surface area contributed by atoms with Crippen LogP contribution in [0.2, 0.25) is 0 Å². The number of hydrogen-bond donors (Lipinski definition) is 6. The van der Waals surface area contributed by atoms with Gasteiger partial charge in [0, 0.05) is 30.4 Å². The highest BCUT2D eigenvalue weighted by Gasteiger charge is 2.31. The van der Waals surface area contributed by atoms with Gasteiger partial charge in [-0.05, 0) is 43.0 Å². The molecule has 0 saturated heterocycles. The molecule has 2 aliphatic rings. The number of aromatic nitrogens is 3. The Morgan fingerprint density at radius 3 is 2.81 bits per heavy atom. The third-order valence-corrected chi connectivity index (χ3v) is 7.54. The molecule has 12 heteroatoms. The van der Waals surface area contributed by atoms with E-state index in [2.05, 4.69) is 25.1 Å². The molecule has 0 amide bonds. The van der Waals surface area contributed by atoms with E-state index in [4.69, 9.17) is 4.74 Å². The van der Waals surface area contributed by atoms with Crippen molar-refractivity contribution in [2.45, 2.75) is 24.3 Å². The van der Waals surface area contributed by atoms with Gasteiger partial charge in [-0.1, -0.05) is 22.9 Å². The largest absolute Gasteiger partial charge is 0.506 e. The summed E-state index contributed by atoms with van der Waals surface area (Å²) < 4.78 is 33.0. The minimum absolute atomic E-state index is 0.121. The summed E-state index contributed by atoms with van der Waals surface area (Å²) in [6.45, 7) is 0.790. The summed E-state index contributed by atoms with van der Waals surface area (Å²) in [5, 5.41) is 14.5. The number of rotatable bonds is 7. The fourth-order valence-electron chi connectivity index (χ4n) is 4.12. The van der Waals surface area contributed by atoms with Crippen molar-refractivity contribution in [1.29, 1.82) is 0 Å². The lowest BCUT2D eigenvalue weighted by molar-refractivity contribution is 0.296. The normalized spacial score (nSPS) is 17.1. The van der Waals surface area contributed by atoms with E-state index in [1.807, 2.05) is 0 Å². The zero-order valence-electron chi connectivity index (χ0n) is 19.0. The Bertz CT molecular complexity index is 1540. The van der Waals surface area contributed by atoms with Gasteiger partial charge < -0.3 is 25.6 Å². The molecule has 2 aromatic heterocycles. The van der Waals surface area contributed by atoms with E-state index in [0.717, 1.165) is 12.8 Å². The first-order valence-electron chi connectivity index (χ1n) is 11.4. The second-order valence-corrected chi connectivity index (χ2v) is 10.4. The average Bonchev–Trinajstić information content (AvgIpc) is 3.54. The van der Waals surface area contributed by atoms with E-state index < -0.39 is 16.3 Å². The standard InChI is InChI=1S/C24H24N6O5S/c31-22-16-3-1-2-4-18(16)30(27-12-14-5-6-14)24(32)21(22)23-28-17-8-7-15(11-19(17)36(33,34)29-23)35-13-20-25-9-10-26-20/h1-4,7-11,14,27,31,33-34H,5-6,12-13H2,(H,25,26)(H,28,29). The summed E-state index contributed by atoms with van der Waals surface area (Å²) in [6.07, 6.45) is 5.49.